The molecule has 0 aromatic heterocycles. The molecule has 134 valence electrons. The summed E-state index contributed by atoms with van der Waals surface area (Å²) in [4.78, 5) is 2.32. The van der Waals surface area contributed by atoms with E-state index in [-0.39, 0.29) is 6.23 Å². The van der Waals surface area contributed by atoms with E-state index in [4.69, 9.17) is 3.79 Å². The van der Waals surface area contributed by atoms with Gasteiger partial charge in [0.2, 0.25) is 0 Å². The van der Waals surface area contributed by atoms with E-state index in [0.717, 1.165) is 0 Å². The van der Waals surface area contributed by atoms with Crippen molar-refractivity contribution in [2.45, 2.75) is 51.4 Å². The highest BCUT2D eigenvalue weighted by Gasteiger charge is 2.28. The molecule has 1 unspecified atom stereocenters. The Morgan fingerprint density at radius 3 is 1.48 bits per heavy atom. The van der Waals surface area contributed by atoms with Gasteiger partial charge in [-0.3, -0.25) is 0 Å². The minimum absolute atomic E-state index is 0.0407. The van der Waals surface area contributed by atoms with Crippen LogP contribution in [0.3, 0.4) is 0 Å². The minimum atomic E-state index is -1.25. The van der Waals surface area contributed by atoms with E-state index in [1.165, 1.54) is 21.9 Å². The number of benzene rings is 2. The van der Waals surface area contributed by atoms with Gasteiger partial charge in [0.15, 0.2) is 0 Å². The van der Waals surface area contributed by atoms with E-state index < -0.39 is 14.5 Å². The quantitative estimate of drug-likeness (QED) is 0.377. The van der Waals surface area contributed by atoms with E-state index in [1.807, 2.05) is 0 Å². The third kappa shape index (κ3) is 6.51. The maximum absolute atomic E-state index is 6.71. The van der Waals surface area contributed by atoms with Crippen LogP contribution >= 0.6 is 0 Å². The number of para-hydroxylation sites is 2. The molecule has 0 amide bonds. The van der Waals surface area contributed by atoms with Crippen LogP contribution in [0.5, 0.6) is 0 Å². The zero-order valence-electron chi connectivity index (χ0n) is 16.4. The molecule has 0 bridgehead atoms. The standard InChI is InChI=1S/C14H14NO.2C4H9.Al/c1-12(16)15(13-8-4-2-5-9-13)14-10-6-3-7-11-14;2*1-4(2)3;/h2-12H,1H3;2*4H,1H2,2-3H3;/q-1;;;+1. The molecule has 25 heavy (non-hydrogen) atoms. The van der Waals surface area contributed by atoms with Crippen LogP contribution in [0.4, 0.5) is 11.4 Å². The third-order valence-corrected chi connectivity index (χ3v) is 8.01. The van der Waals surface area contributed by atoms with Gasteiger partial charge < -0.3 is 8.69 Å². The highest BCUT2D eigenvalue weighted by atomic mass is 27.2. The van der Waals surface area contributed by atoms with Gasteiger partial charge in [0.1, 0.15) is 6.23 Å². The first kappa shape index (κ1) is 20.0. The third-order valence-electron chi connectivity index (χ3n) is 4.29. The van der Waals surface area contributed by atoms with Gasteiger partial charge in [0, 0.05) is 11.4 Å². The second-order valence-electron chi connectivity index (χ2n) is 7.66. The molecule has 2 aromatic rings. The van der Waals surface area contributed by atoms with Crippen LogP contribution in [0, 0.1) is 11.8 Å². The van der Waals surface area contributed by atoms with Crippen LogP contribution in [-0.2, 0) is 3.79 Å². The summed E-state index contributed by atoms with van der Waals surface area (Å²) < 4.78 is 6.71. The Hall–Kier alpha value is -1.27. The van der Waals surface area contributed by atoms with Gasteiger partial charge in [-0.25, -0.2) is 0 Å². The lowest BCUT2D eigenvalue weighted by atomic mass is 10.2. The average molecular weight is 353 g/mol. The Bertz CT molecular complexity index is 550. The topological polar surface area (TPSA) is 12.5 Å². The summed E-state index contributed by atoms with van der Waals surface area (Å²) in [6, 6.07) is 21.1. The first-order valence-corrected chi connectivity index (χ1v) is 11.6. The van der Waals surface area contributed by atoms with Gasteiger partial charge in [-0.15, -0.1) is 0 Å². The maximum atomic E-state index is 6.71. The van der Waals surface area contributed by atoms with Crippen LogP contribution in [-0.4, -0.2) is 20.7 Å². The molecule has 0 aliphatic rings. The summed E-state index contributed by atoms with van der Waals surface area (Å²) in [6.07, 6.45) is 0.0407. The molecule has 0 spiro atoms. The molecule has 0 N–H and O–H groups in total. The van der Waals surface area contributed by atoms with E-state index >= 15 is 0 Å². The minimum Gasteiger partial charge on any atom is -0.482 e. The fourth-order valence-electron chi connectivity index (χ4n) is 3.34. The Labute approximate surface area is 158 Å². The first-order valence-electron chi connectivity index (χ1n) is 9.52. The van der Waals surface area contributed by atoms with Gasteiger partial charge in [-0.05, 0) is 31.2 Å². The largest absolute Gasteiger partial charge is 0.482 e. The summed E-state index contributed by atoms with van der Waals surface area (Å²) in [6.45, 7) is 11.4. The molecule has 0 aliphatic heterocycles. The molecule has 2 nitrogen and oxygen atoms in total. The molecule has 2 rings (SSSR count). The van der Waals surface area contributed by atoms with Crippen LogP contribution in [0.2, 0.25) is 10.6 Å². The van der Waals surface area contributed by atoms with Gasteiger partial charge in [0.25, 0.3) is 0 Å². The van der Waals surface area contributed by atoms with Crippen molar-refractivity contribution in [1.82, 2.24) is 0 Å². The van der Waals surface area contributed by atoms with Crippen LogP contribution in [0.1, 0.15) is 34.6 Å². The molecule has 1 atom stereocenters. The fraction of sp³-hybridized carbons (Fsp3) is 0.455. The Morgan fingerprint density at radius 1 is 0.720 bits per heavy atom. The monoisotopic (exact) mass is 353 g/mol. The predicted molar refractivity (Wildman–Crippen MR) is 111 cm³/mol. The van der Waals surface area contributed by atoms with E-state index in [9.17, 15) is 0 Å². The van der Waals surface area contributed by atoms with Crippen molar-refractivity contribution >= 4 is 25.9 Å². The molecule has 0 saturated heterocycles. The molecule has 0 heterocycles. The zero-order chi connectivity index (χ0) is 18.2. The second kappa shape index (κ2) is 10.0. The van der Waals surface area contributed by atoms with Crippen molar-refractivity contribution in [2.24, 2.45) is 11.8 Å². The van der Waals surface area contributed by atoms with Gasteiger partial charge >= 0.3 is 14.5 Å². The van der Waals surface area contributed by atoms with Crippen LogP contribution < -0.4 is 4.90 Å². The number of anilines is 2. The summed E-state index contributed by atoms with van der Waals surface area (Å²) in [5.74, 6) is 1.40. The second-order valence-corrected chi connectivity index (χ2v) is 10.1. The van der Waals surface area contributed by atoms with E-state index in [2.05, 4.69) is 100 Å². The van der Waals surface area contributed by atoms with Gasteiger partial charge in [-0.2, -0.15) is 0 Å². The van der Waals surface area contributed by atoms with E-state index in [0.29, 0.717) is 11.8 Å². The van der Waals surface area contributed by atoms with Crippen molar-refractivity contribution in [1.29, 1.82) is 0 Å². The summed E-state index contributed by atoms with van der Waals surface area (Å²) >= 11 is -1.25. The molecule has 0 radical (unpaired) electrons. The lowest BCUT2D eigenvalue weighted by Crippen LogP contribution is -2.37. The molecular formula is C22H32AlNO. The van der Waals surface area contributed by atoms with Gasteiger partial charge in [-0.1, -0.05) is 86.5 Å². The normalized spacial score (nSPS) is 12.4. The average Bonchev–Trinajstić information content (AvgIpc) is 2.55. The van der Waals surface area contributed by atoms with Crippen LogP contribution in [0.25, 0.3) is 0 Å². The highest BCUT2D eigenvalue weighted by molar-refractivity contribution is 6.52. The molecule has 0 saturated carbocycles. The lowest BCUT2D eigenvalue weighted by Gasteiger charge is -2.34. The lowest BCUT2D eigenvalue weighted by molar-refractivity contribution is 0.222. The van der Waals surface area contributed by atoms with Crippen molar-refractivity contribution in [2.75, 3.05) is 4.90 Å². The highest BCUT2D eigenvalue weighted by Crippen LogP contribution is 2.29. The van der Waals surface area contributed by atoms with E-state index in [1.54, 1.807) is 0 Å². The Kier molecular flexibility index (Phi) is 8.04. The Balaban J connectivity index is 2.24. The molecule has 3 heteroatoms. The molecule has 2 aromatic carbocycles. The number of nitrogens with zero attached hydrogens (tertiary/aromatic N) is 1. The van der Waals surface area contributed by atoms with Crippen molar-refractivity contribution in [3.63, 3.8) is 0 Å². The molecule has 0 aliphatic carbocycles. The maximum Gasteiger partial charge on any atom is 0.462 e. The number of hydrogen-bond acceptors (Lipinski definition) is 2. The van der Waals surface area contributed by atoms with Crippen molar-refractivity contribution < 1.29 is 3.79 Å². The molecule has 0 fully saturated rings. The zero-order valence-corrected chi connectivity index (χ0v) is 17.5. The summed E-state index contributed by atoms with van der Waals surface area (Å²) in [7, 11) is 0. The molecular weight excluding hydrogens is 321 g/mol. The summed E-state index contributed by atoms with van der Waals surface area (Å²) in [5.41, 5.74) is 2.37. The Morgan fingerprint density at radius 2 is 1.12 bits per heavy atom. The van der Waals surface area contributed by atoms with Crippen molar-refractivity contribution in [3.05, 3.63) is 60.7 Å². The summed E-state index contributed by atoms with van der Waals surface area (Å²) in [5, 5.41) is 2.47. The SMILES string of the molecule is CC(C)[CH2][Al]([CH2]C(C)C)[O]C(C)N(c1ccccc1)c1ccccc1. The van der Waals surface area contributed by atoms with Crippen LogP contribution in [0.15, 0.2) is 60.7 Å². The predicted octanol–water partition coefficient (Wildman–Crippen LogP) is 6.49. The smallest absolute Gasteiger partial charge is 0.462 e. The van der Waals surface area contributed by atoms with Gasteiger partial charge in [0.05, 0.1) is 0 Å². The number of hydrogen-bond donors (Lipinski definition) is 0. The number of rotatable bonds is 9. The fourth-order valence-corrected chi connectivity index (χ4v) is 6.54. The van der Waals surface area contributed by atoms with Crippen molar-refractivity contribution in [3.8, 4) is 0 Å². The first-order chi connectivity index (χ1) is 12.0.